The maximum Gasteiger partial charge on any atom is 0.252 e. The number of fused-ring (bicyclic) bond motifs is 2. The van der Waals surface area contributed by atoms with Crippen molar-refractivity contribution in [2.45, 2.75) is 62.8 Å². The Bertz CT molecular complexity index is 1260. The summed E-state index contributed by atoms with van der Waals surface area (Å²) in [5.41, 5.74) is 0.259. The Morgan fingerprint density at radius 3 is 2.76 bits per heavy atom. The number of nitriles is 1. The minimum Gasteiger partial charge on any atom is -0.507 e. The van der Waals surface area contributed by atoms with Crippen molar-refractivity contribution in [3.8, 4) is 28.9 Å². The average molecular weight is 464 g/mol. The van der Waals surface area contributed by atoms with E-state index in [2.05, 4.69) is 37.5 Å². The Labute approximate surface area is 196 Å². The van der Waals surface area contributed by atoms with Gasteiger partial charge in [-0.1, -0.05) is 0 Å². The molecule has 0 spiro atoms. The van der Waals surface area contributed by atoms with Gasteiger partial charge >= 0.3 is 0 Å². The van der Waals surface area contributed by atoms with Crippen LogP contribution in [0.1, 0.15) is 45.4 Å². The molecule has 4 atom stereocenters. The van der Waals surface area contributed by atoms with Crippen molar-refractivity contribution in [3.63, 3.8) is 0 Å². The van der Waals surface area contributed by atoms with E-state index in [-0.39, 0.29) is 29.0 Å². The van der Waals surface area contributed by atoms with Gasteiger partial charge in [0.15, 0.2) is 11.6 Å². The second-order valence-electron chi connectivity index (χ2n) is 9.71. The molecule has 0 aliphatic carbocycles. The Morgan fingerprint density at radius 2 is 2.09 bits per heavy atom. The molecule has 0 saturated carbocycles. The third-order valence-corrected chi connectivity index (χ3v) is 7.11. The van der Waals surface area contributed by atoms with E-state index >= 15 is 4.39 Å². The number of nitrogens with one attached hydrogen (secondary N) is 1. The van der Waals surface area contributed by atoms with Crippen LogP contribution in [0.25, 0.3) is 17.1 Å². The van der Waals surface area contributed by atoms with Crippen LogP contribution in [0.3, 0.4) is 0 Å². The first-order valence-corrected chi connectivity index (χ1v) is 11.2. The quantitative estimate of drug-likeness (QED) is 0.600. The smallest absolute Gasteiger partial charge is 0.252 e. The average Bonchev–Trinajstić information content (AvgIpc) is 3.30. The predicted octanol–water partition coefficient (Wildman–Crippen LogP) is 2.53. The summed E-state index contributed by atoms with van der Waals surface area (Å²) in [4.78, 5) is 10.1. The fourth-order valence-electron chi connectivity index (χ4n) is 5.36. The molecule has 10 nitrogen and oxygen atoms in total. The van der Waals surface area contributed by atoms with E-state index in [0.29, 0.717) is 23.5 Å². The summed E-state index contributed by atoms with van der Waals surface area (Å²) >= 11 is 0. The van der Waals surface area contributed by atoms with E-state index in [1.165, 1.54) is 17.1 Å². The van der Waals surface area contributed by atoms with Gasteiger partial charge in [0.25, 0.3) is 5.82 Å². The van der Waals surface area contributed by atoms with E-state index in [9.17, 15) is 5.11 Å². The lowest BCUT2D eigenvalue weighted by Crippen LogP contribution is -2.72. The maximum atomic E-state index is 15.6. The molecule has 2 aliphatic heterocycles. The van der Waals surface area contributed by atoms with Gasteiger partial charge in [-0.15, -0.1) is 15.3 Å². The third-order valence-electron chi connectivity index (χ3n) is 7.11. The summed E-state index contributed by atoms with van der Waals surface area (Å²) < 4.78 is 17.0. The van der Waals surface area contributed by atoms with Gasteiger partial charge in [-0.05, 0) is 51.7 Å². The summed E-state index contributed by atoms with van der Waals surface area (Å²) in [6.07, 6.45) is 5.41. The molecular weight excluding hydrogens is 437 g/mol. The minimum absolute atomic E-state index is 0.0340. The number of hydrogen-bond donors (Lipinski definition) is 2. The fourth-order valence-corrected chi connectivity index (χ4v) is 5.36. The van der Waals surface area contributed by atoms with Gasteiger partial charge in [-0.2, -0.15) is 5.26 Å². The normalized spacial score (nSPS) is 28.3. The van der Waals surface area contributed by atoms with Crippen molar-refractivity contribution < 1.29 is 9.50 Å². The molecular formula is C23H26FN9O. The number of nitrogens with zero attached hydrogens (tertiary/aromatic N) is 8. The number of hydrogen-bond acceptors (Lipinski definition) is 9. The summed E-state index contributed by atoms with van der Waals surface area (Å²) in [7, 11) is 1.83. The molecule has 2 N–H and O–H groups in total. The highest BCUT2D eigenvalue weighted by Gasteiger charge is 2.53. The molecule has 176 valence electrons. The van der Waals surface area contributed by atoms with Crippen molar-refractivity contribution in [3.05, 3.63) is 36.5 Å². The van der Waals surface area contributed by atoms with Crippen molar-refractivity contribution in [2.24, 2.45) is 0 Å². The number of alkyl halides is 1. The Morgan fingerprint density at radius 1 is 1.26 bits per heavy atom. The summed E-state index contributed by atoms with van der Waals surface area (Å²) in [5.74, 6) is 0.693. The Balaban J connectivity index is 1.37. The molecule has 5 rings (SSSR count). The highest BCUT2D eigenvalue weighted by molar-refractivity contribution is 5.66. The first-order valence-electron chi connectivity index (χ1n) is 11.2. The number of aromatic hydroxyl groups is 1. The van der Waals surface area contributed by atoms with Crippen LogP contribution in [0.5, 0.6) is 5.75 Å². The van der Waals surface area contributed by atoms with E-state index in [1.54, 1.807) is 18.3 Å². The van der Waals surface area contributed by atoms with Crippen LogP contribution in [-0.2, 0) is 0 Å². The van der Waals surface area contributed by atoms with Crippen LogP contribution in [0.15, 0.2) is 30.7 Å². The number of piperidine rings is 2. The van der Waals surface area contributed by atoms with Crippen molar-refractivity contribution in [1.29, 1.82) is 5.26 Å². The number of halogens is 1. The summed E-state index contributed by atoms with van der Waals surface area (Å²) in [6.45, 7) is 4.13. The zero-order chi connectivity index (χ0) is 24.1. The van der Waals surface area contributed by atoms with Gasteiger partial charge < -0.3 is 15.3 Å². The molecule has 2 aromatic heterocycles. The second kappa shape index (κ2) is 7.99. The van der Waals surface area contributed by atoms with Gasteiger partial charge in [0.2, 0.25) is 0 Å². The maximum absolute atomic E-state index is 15.6. The Kier molecular flexibility index (Phi) is 5.20. The highest BCUT2D eigenvalue weighted by atomic mass is 19.1. The number of rotatable bonds is 4. The molecule has 2 fully saturated rings. The first kappa shape index (κ1) is 22.2. The number of phenolic OH excluding ortho intramolecular Hbond substituents is 1. The van der Waals surface area contributed by atoms with Crippen LogP contribution in [-0.4, -0.2) is 65.4 Å². The van der Waals surface area contributed by atoms with Crippen LogP contribution in [0.2, 0.25) is 0 Å². The number of benzene rings is 1. The zero-order valence-corrected chi connectivity index (χ0v) is 19.3. The van der Waals surface area contributed by atoms with Crippen molar-refractivity contribution in [2.75, 3.05) is 11.9 Å². The standard InChI is InChI=1S/C23H26FN9O/c1-22-7-4-8-23(2,31-22)20(24)16(10-22)32(3)19-12-26-21(29-28-19)15-6-5-14(9-17(15)34)33-13-27-18(11-25)30-33/h5-6,9,12-13,16,20,31,34H,4,7-8,10H2,1-3H3/t16-,20-,22-,23+/m0/s1. The van der Waals surface area contributed by atoms with Gasteiger partial charge in [0, 0.05) is 24.2 Å². The number of phenols is 1. The predicted molar refractivity (Wildman–Crippen MR) is 122 cm³/mol. The largest absolute Gasteiger partial charge is 0.507 e. The molecule has 1 aromatic carbocycles. The molecule has 0 unspecified atom stereocenters. The van der Waals surface area contributed by atoms with Crippen LogP contribution in [0.4, 0.5) is 10.2 Å². The molecule has 2 bridgehead atoms. The van der Waals surface area contributed by atoms with Crippen molar-refractivity contribution >= 4 is 5.82 Å². The van der Waals surface area contributed by atoms with E-state index < -0.39 is 11.7 Å². The lowest BCUT2D eigenvalue weighted by molar-refractivity contribution is 0.00193. The third kappa shape index (κ3) is 3.74. The minimum atomic E-state index is -1.05. The zero-order valence-electron chi connectivity index (χ0n) is 19.3. The van der Waals surface area contributed by atoms with Gasteiger partial charge in [-0.3, -0.25) is 0 Å². The number of aromatic nitrogens is 6. The van der Waals surface area contributed by atoms with Crippen LogP contribution in [0, 0.1) is 11.3 Å². The van der Waals surface area contributed by atoms with Gasteiger partial charge in [0.05, 0.1) is 23.5 Å². The monoisotopic (exact) mass is 463 g/mol. The Hall–Kier alpha value is -3.65. The fraction of sp³-hybridized carbons (Fsp3) is 0.478. The number of anilines is 1. The molecule has 34 heavy (non-hydrogen) atoms. The summed E-state index contributed by atoms with van der Waals surface area (Å²) in [5, 5.41) is 35.5. The summed E-state index contributed by atoms with van der Waals surface area (Å²) in [6, 6.07) is 6.35. The first-order chi connectivity index (χ1) is 16.2. The molecule has 2 saturated heterocycles. The van der Waals surface area contributed by atoms with E-state index in [0.717, 1.165) is 19.3 Å². The van der Waals surface area contributed by atoms with Crippen molar-refractivity contribution in [1.82, 2.24) is 35.3 Å². The SMILES string of the molecule is CN(c1cnc(-c2ccc(-n3cnc(C#N)n3)cc2O)nn1)[C@H]1C[C@]2(C)CCC[C@@](C)(N2)[C@H]1F. The van der Waals surface area contributed by atoms with E-state index in [1.807, 2.05) is 24.9 Å². The molecule has 0 radical (unpaired) electrons. The lowest BCUT2D eigenvalue weighted by atomic mass is 9.68. The second-order valence-corrected chi connectivity index (χ2v) is 9.71. The van der Waals surface area contributed by atoms with Gasteiger partial charge in [-0.25, -0.2) is 19.0 Å². The molecule has 3 aromatic rings. The lowest BCUT2D eigenvalue weighted by Gasteiger charge is -2.56. The highest BCUT2D eigenvalue weighted by Crippen LogP contribution is 2.43. The van der Waals surface area contributed by atoms with Crippen LogP contribution < -0.4 is 10.2 Å². The molecule has 11 heteroatoms. The van der Waals surface area contributed by atoms with E-state index in [4.69, 9.17) is 5.26 Å². The molecule has 4 heterocycles. The topological polar surface area (TPSA) is 129 Å². The molecule has 2 aliphatic rings. The van der Waals surface area contributed by atoms with Crippen LogP contribution >= 0.6 is 0 Å². The van der Waals surface area contributed by atoms with Gasteiger partial charge in [0.1, 0.15) is 24.3 Å². The molecule has 0 amide bonds.